The van der Waals surface area contributed by atoms with E-state index in [1.165, 1.54) is 0 Å². The Kier molecular flexibility index (Phi) is 140. The van der Waals surface area contributed by atoms with Crippen LogP contribution in [0.3, 0.4) is 0 Å². The Morgan fingerprint density at radius 1 is 1.00 bits per heavy atom. The van der Waals surface area contributed by atoms with Crippen molar-refractivity contribution in [3.05, 3.63) is 0 Å². The van der Waals surface area contributed by atoms with E-state index < -0.39 is 0 Å². The van der Waals surface area contributed by atoms with Crippen LogP contribution in [0.4, 0.5) is 0 Å². The number of hydrogen-bond donors (Lipinski definition) is 0. The molecule has 0 N–H and O–H groups in total. The average molecular weight is 231 g/mol. The molecule has 4 heavy (non-hydrogen) atoms. The van der Waals surface area contributed by atoms with Crippen LogP contribution >= 0.6 is 0 Å². The quantitative estimate of drug-likeness (QED) is 0.408. The van der Waals surface area contributed by atoms with Crippen LogP contribution in [-0.2, 0) is 21.7 Å². The van der Waals surface area contributed by atoms with Gasteiger partial charge in [-0.25, -0.2) is 0 Å². The van der Waals surface area contributed by atoms with Gasteiger partial charge in [-0.15, -0.1) is 0 Å². The Hall–Kier alpha value is 2.51. The van der Waals surface area contributed by atoms with E-state index in [1.807, 2.05) is 0 Å². The molecule has 1 radical (unpaired) electrons. The normalized spacial score (nSPS) is 0. The van der Waals surface area contributed by atoms with Crippen LogP contribution in [0.1, 0.15) is 0 Å². The molecule has 0 atom stereocenters. The van der Waals surface area contributed by atoms with Crippen LogP contribution in [-0.4, -0.2) is 25.8 Å². The molecule has 0 saturated carbocycles. The fourth-order valence-electron chi connectivity index (χ4n) is 0. The Labute approximate surface area is 81.7 Å². The number of rotatable bonds is 0. The van der Waals surface area contributed by atoms with E-state index in [4.69, 9.17) is 0 Å². The maximum Gasteiger partial charge on any atom is 0.187 e. The SMILES string of the molecule is B.[AlH3].[La].[Ti]. The molecule has 0 unspecified atom stereocenters. The van der Waals surface area contributed by atoms with Crippen molar-refractivity contribution < 1.29 is 57.3 Å². The van der Waals surface area contributed by atoms with E-state index in [0.717, 1.165) is 0 Å². The summed E-state index contributed by atoms with van der Waals surface area (Å²) in [4.78, 5) is 0. The zero-order valence-electron chi connectivity index (χ0n) is 1.08. The third-order valence-corrected chi connectivity index (χ3v) is 0. The van der Waals surface area contributed by atoms with Crippen LogP contribution in [0.5, 0.6) is 0 Å². The van der Waals surface area contributed by atoms with Crippen molar-refractivity contribution in [2.24, 2.45) is 0 Å². The smallest absolute Gasteiger partial charge is 0 e. The molecule has 0 spiro atoms. The van der Waals surface area contributed by atoms with Crippen molar-refractivity contribution in [2.75, 3.05) is 0 Å². The van der Waals surface area contributed by atoms with Gasteiger partial charge < -0.3 is 0 Å². The Morgan fingerprint density at radius 2 is 1.00 bits per heavy atom. The van der Waals surface area contributed by atoms with Gasteiger partial charge >= 0.3 is 0 Å². The summed E-state index contributed by atoms with van der Waals surface area (Å²) in [6.07, 6.45) is 0. The molecule has 0 aliphatic heterocycles. The van der Waals surface area contributed by atoms with Gasteiger partial charge in [0.25, 0.3) is 0 Å². The molecular weight excluding hydrogens is 225 g/mol. The van der Waals surface area contributed by atoms with Gasteiger partial charge in [-0.1, -0.05) is 0 Å². The summed E-state index contributed by atoms with van der Waals surface area (Å²) in [5, 5.41) is 0. The van der Waals surface area contributed by atoms with Gasteiger partial charge in [0.2, 0.25) is 0 Å². The van der Waals surface area contributed by atoms with Gasteiger partial charge in [-0.2, -0.15) is 0 Å². The predicted octanol–water partition coefficient (Wildman–Crippen LogP) is -2.37. The molecule has 0 aliphatic carbocycles. The summed E-state index contributed by atoms with van der Waals surface area (Å²) in [5.41, 5.74) is 0. The van der Waals surface area contributed by atoms with Crippen LogP contribution in [0.15, 0.2) is 0 Å². The largest absolute Gasteiger partial charge is 0.187 e. The summed E-state index contributed by atoms with van der Waals surface area (Å²) in [7, 11) is 0. The first-order chi connectivity index (χ1) is 0. The maximum absolute atomic E-state index is 0. The number of hydrogen-bond acceptors (Lipinski definition) is 0. The fraction of sp³-hybridized carbons (Fsp3) is 0. The second-order valence-electron chi connectivity index (χ2n) is 0. The van der Waals surface area contributed by atoms with Crippen molar-refractivity contribution in [3.63, 3.8) is 0 Å². The zero-order valence-corrected chi connectivity index (χ0v) is 6.26. The molecule has 0 nitrogen and oxygen atoms in total. The Balaban J connectivity index is 0. The average Bonchev–Trinajstić information content (AvgIpc) is 0. The van der Waals surface area contributed by atoms with Gasteiger partial charge in [0.05, 0.1) is 8.41 Å². The molecule has 0 aromatic carbocycles. The molecule has 0 heterocycles. The molecule has 0 aromatic heterocycles. The van der Waals surface area contributed by atoms with E-state index in [1.54, 1.807) is 0 Å². The first-order valence-corrected chi connectivity index (χ1v) is 0. The Bertz CT molecular complexity index is 8.00. The van der Waals surface area contributed by atoms with Crippen molar-refractivity contribution in [2.45, 2.75) is 0 Å². The van der Waals surface area contributed by atoms with Gasteiger partial charge in [-0.05, 0) is 0 Å². The van der Waals surface area contributed by atoms with Crippen LogP contribution < -0.4 is 0 Å². The van der Waals surface area contributed by atoms with Crippen molar-refractivity contribution >= 4 is 25.8 Å². The summed E-state index contributed by atoms with van der Waals surface area (Å²) in [6.45, 7) is 0. The molecule has 0 fully saturated rings. The molecule has 0 saturated heterocycles. The van der Waals surface area contributed by atoms with E-state index >= 15 is 0 Å². The van der Waals surface area contributed by atoms with Crippen LogP contribution in [0, 0.1) is 35.6 Å². The standard InChI is InChI=1S/Al.BH3.La.Ti.3H/h;1H3;;;;;. The van der Waals surface area contributed by atoms with Crippen molar-refractivity contribution in [1.29, 1.82) is 0 Å². The van der Waals surface area contributed by atoms with Gasteiger partial charge in [0, 0.05) is 57.3 Å². The molecule has 0 bridgehead atoms. The minimum Gasteiger partial charge on any atom is 0 e. The fourth-order valence-corrected chi connectivity index (χ4v) is 0. The second kappa shape index (κ2) is 17.8. The van der Waals surface area contributed by atoms with Crippen molar-refractivity contribution in [1.82, 2.24) is 0 Å². The van der Waals surface area contributed by atoms with Crippen LogP contribution in [0.2, 0.25) is 0 Å². The summed E-state index contributed by atoms with van der Waals surface area (Å²) in [5.74, 6) is 0. The van der Waals surface area contributed by atoms with Crippen molar-refractivity contribution in [3.8, 4) is 0 Å². The monoisotopic (exact) mass is 231 g/mol. The van der Waals surface area contributed by atoms with E-state index in [-0.39, 0.29) is 83.1 Å². The third-order valence-electron chi connectivity index (χ3n) is 0. The summed E-state index contributed by atoms with van der Waals surface area (Å²) in [6, 6.07) is 0. The van der Waals surface area contributed by atoms with E-state index in [2.05, 4.69) is 0 Å². The molecule has 0 amide bonds. The van der Waals surface area contributed by atoms with Gasteiger partial charge in [0.1, 0.15) is 0 Å². The van der Waals surface area contributed by atoms with Gasteiger partial charge in [-0.3, -0.25) is 0 Å². The molecule has 0 rings (SSSR count). The maximum atomic E-state index is 0. The zero-order chi connectivity index (χ0) is 0. The Morgan fingerprint density at radius 3 is 1.00 bits per heavy atom. The molecule has 4 heteroatoms. The summed E-state index contributed by atoms with van der Waals surface area (Å²) < 4.78 is 0. The molecule has 0 aliphatic rings. The molecule has 19 valence electrons. The second-order valence-corrected chi connectivity index (χ2v) is 0. The predicted molar refractivity (Wildman–Crippen MR) is 19.9 cm³/mol. The summed E-state index contributed by atoms with van der Waals surface area (Å²) >= 11 is 0. The third kappa shape index (κ3) is 8.82. The minimum atomic E-state index is 0. The van der Waals surface area contributed by atoms with Crippen LogP contribution in [0.25, 0.3) is 0 Å². The molecule has 0 aromatic rings. The van der Waals surface area contributed by atoms with Gasteiger partial charge in [0.15, 0.2) is 17.4 Å². The molecular formula is H6AlBLaTi. The first-order valence-electron chi connectivity index (χ1n) is 0. The minimum absolute atomic E-state index is 0. The van der Waals surface area contributed by atoms with E-state index in [9.17, 15) is 0 Å². The first kappa shape index (κ1) is 31.4. The topological polar surface area (TPSA) is 0 Å². The van der Waals surface area contributed by atoms with E-state index in [0.29, 0.717) is 0 Å².